The number of hydrogen-bond acceptors (Lipinski definition) is 3. The first-order chi connectivity index (χ1) is 13.7. The van der Waals surface area contributed by atoms with Crippen LogP contribution in [0.15, 0.2) is 60.8 Å². The Bertz CT molecular complexity index is 926. The summed E-state index contributed by atoms with van der Waals surface area (Å²) in [5, 5.41) is 7.86. The number of carbonyl (C=O) groups excluding carboxylic acids is 1. The van der Waals surface area contributed by atoms with E-state index >= 15 is 0 Å². The Morgan fingerprint density at radius 1 is 1.18 bits per heavy atom. The molecular weight excluding hydrogens is 350 g/mol. The Morgan fingerprint density at radius 3 is 2.64 bits per heavy atom. The van der Waals surface area contributed by atoms with E-state index in [4.69, 9.17) is 9.84 Å². The van der Waals surface area contributed by atoms with Crippen LogP contribution in [0.3, 0.4) is 0 Å². The molecule has 1 fully saturated rings. The van der Waals surface area contributed by atoms with Gasteiger partial charge >= 0.3 is 0 Å². The van der Waals surface area contributed by atoms with Crippen LogP contribution in [0.1, 0.15) is 35.7 Å². The van der Waals surface area contributed by atoms with Crippen LogP contribution in [0.2, 0.25) is 0 Å². The number of rotatable bonds is 5. The molecule has 1 amide bonds. The summed E-state index contributed by atoms with van der Waals surface area (Å²) in [6.45, 7) is 3.47. The smallest absolute Gasteiger partial charge is 0.255 e. The molecule has 28 heavy (non-hydrogen) atoms. The zero-order chi connectivity index (χ0) is 19.3. The summed E-state index contributed by atoms with van der Waals surface area (Å²) >= 11 is 0. The quantitative estimate of drug-likeness (QED) is 0.733. The predicted molar refractivity (Wildman–Crippen MR) is 110 cm³/mol. The average Bonchev–Trinajstić information content (AvgIpc) is 3.21. The van der Waals surface area contributed by atoms with Crippen LogP contribution in [-0.4, -0.2) is 34.9 Å². The van der Waals surface area contributed by atoms with Gasteiger partial charge in [0, 0.05) is 18.4 Å². The maximum atomic E-state index is 13.1. The second-order valence-corrected chi connectivity index (χ2v) is 7.11. The van der Waals surface area contributed by atoms with Crippen LogP contribution < -0.4 is 5.32 Å². The molecule has 2 heterocycles. The molecule has 4 rings (SSSR count). The fourth-order valence-electron chi connectivity index (χ4n) is 3.48. The predicted octanol–water partition coefficient (Wildman–Crippen LogP) is 4.01. The summed E-state index contributed by atoms with van der Waals surface area (Å²) in [5.74, 6) is -0.104. The fourth-order valence-corrected chi connectivity index (χ4v) is 3.48. The molecule has 1 aliphatic rings. The molecule has 3 aromatic rings. The molecule has 2 aromatic carbocycles. The number of aromatic nitrogens is 2. The molecule has 5 heteroatoms. The minimum atomic E-state index is -0.104. The molecule has 1 N–H and O–H groups in total. The zero-order valence-electron chi connectivity index (χ0n) is 16.1. The molecular formula is C23H25N3O2. The Labute approximate surface area is 165 Å². The van der Waals surface area contributed by atoms with Crippen LogP contribution in [0.4, 0.5) is 0 Å². The molecule has 0 radical (unpaired) electrons. The van der Waals surface area contributed by atoms with Crippen molar-refractivity contribution in [1.29, 1.82) is 0 Å². The lowest BCUT2D eigenvalue weighted by Gasteiger charge is -2.23. The number of aryl methyl sites for hydroxylation is 1. The van der Waals surface area contributed by atoms with Crippen LogP contribution in [0.25, 0.3) is 16.9 Å². The molecule has 1 aliphatic heterocycles. The van der Waals surface area contributed by atoms with Gasteiger partial charge in [0.1, 0.15) is 5.69 Å². The molecule has 0 saturated carbocycles. The van der Waals surface area contributed by atoms with E-state index < -0.39 is 0 Å². The van der Waals surface area contributed by atoms with Crippen LogP contribution in [0, 0.1) is 0 Å². The molecule has 1 atom stereocenters. The number of carbonyl (C=O) groups is 1. The third-order valence-corrected chi connectivity index (χ3v) is 5.11. The van der Waals surface area contributed by atoms with Crippen molar-refractivity contribution >= 4 is 5.91 Å². The van der Waals surface area contributed by atoms with E-state index in [0.717, 1.165) is 37.1 Å². The van der Waals surface area contributed by atoms with E-state index in [1.54, 1.807) is 4.68 Å². The number of benzene rings is 2. The van der Waals surface area contributed by atoms with Crippen molar-refractivity contribution in [3.8, 4) is 16.9 Å². The standard InChI is InChI=1S/C23H25N3O2/c1-2-17-10-12-18(13-11-17)22-21(23(27)24-19-7-6-14-28-16-19)15-26(25-22)20-8-4-3-5-9-20/h3-5,8-13,15,19H,2,6-7,14,16H2,1H3,(H,24,27). The lowest BCUT2D eigenvalue weighted by Crippen LogP contribution is -2.40. The SMILES string of the molecule is CCc1ccc(-c2nn(-c3ccccc3)cc2C(=O)NC2CCCOC2)cc1. The van der Waals surface area contributed by atoms with Gasteiger partial charge in [0.25, 0.3) is 5.91 Å². The van der Waals surface area contributed by atoms with E-state index in [-0.39, 0.29) is 11.9 Å². The van der Waals surface area contributed by atoms with E-state index in [1.807, 2.05) is 48.7 Å². The van der Waals surface area contributed by atoms with Gasteiger partial charge in [-0.2, -0.15) is 5.10 Å². The van der Waals surface area contributed by atoms with Gasteiger partial charge in [-0.25, -0.2) is 4.68 Å². The number of ether oxygens (including phenoxy) is 1. The lowest BCUT2D eigenvalue weighted by molar-refractivity contribution is 0.0624. The van der Waals surface area contributed by atoms with Gasteiger partial charge in [-0.3, -0.25) is 4.79 Å². The van der Waals surface area contributed by atoms with Gasteiger partial charge in [-0.05, 0) is 37.0 Å². The van der Waals surface area contributed by atoms with E-state index in [0.29, 0.717) is 17.9 Å². The van der Waals surface area contributed by atoms with Crippen molar-refractivity contribution in [2.75, 3.05) is 13.2 Å². The van der Waals surface area contributed by atoms with Gasteiger partial charge in [0.15, 0.2) is 0 Å². The van der Waals surface area contributed by atoms with Crippen molar-refractivity contribution in [3.05, 3.63) is 71.9 Å². The monoisotopic (exact) mass is 375 g/mol. The van der Waals surface area contributed by atoms with Gasteiger partial charge in [0.2, 0.25) is 0 Å². The maximum absolute atomic E-state index is 13.1. The average molecular weight is 375 g/mol. The topological polar surface area (TPSA) is 56.2 Å². The minimum absolute atomic E-state index is 0.0524. The molecule has 1 aromatic heterocycles. The highest BCUT2D eigenvalue weighted by molar-refractivity contribution is 6.00. The van der Waals surface area contributed by atoms with Crippen molar-refractivity contribution in [3.63, 3.8) is 0 Å². The Morgan fingerprint density at radius 2 is 1.96 bits per heavy atom. The second kappa shape index (κ2) is 8.40. The van der Waals surface area contributed by atoms with Crippen molar-refractivity contribution < 1.29 is 9.53 Å². The Kier molecular flexibility index (Phi) is 5.53. The Balaban J connectivity index is 1.69. The van der Waals surface area contributed by atoms with Gasteiger partial charge in [-0.1, -0.05) is 49.4 Å². The van der Waals surface area contributed by atoms with Gasteiger partial charge in [-0.15, -0.1) is 0 Å². The summed E-state index contributed by atoms with van der Waals surface area (Å²) in [4.78, 5) is 13.1. The molecule has 1 unspecified atom stereocenters. The highest BCUT2D eigenvalue weighted by atomic mass is 16.5. The maximum Gasteiger partial charge on any atom is 0.255 e. The van der Waals surface area contributed by atoms with Gasteiger partial charge in [0.05, 0.1) is 23.9 Å². The summed E-state index contributed by atoms with van der Waals surface area (Å²) in [5.41, 5.74) is 4.40. The number of amides is 1. The number of nitrogens with zero attached hydrogens (tertiary/aromatic N) is 2. The summed E-state index contributed by atoms with van der Waals surface area (Å²) in [7, 11) is 0. The zero-order valence-corrected chi connectivity index (χ0v) is 16.1. The van der Waals surface area contributed by atoms with Crippen LogP contribution >= 0.6 is 0 Å². The fraction of sp³-hybridized carbons (Fsp3) is 0.304. The molecule has 1 saturated heterocycles. The third-order valence-electron chi connectivity index (χ3n) is 5.11. The first-order valence-electron chi connectivity index (χ1n) is 9.87. The van der Waals surface area contributed by atoms with Crippen molar-refractivity contribution in [2.45, 2.75) is 32.2 Å². The number of nitrogens with one attached hydrogen (secondary N) is 1. The molecule has 144 valence electrons. The van der Waals surface area contributed by atoms with E-state index in [2.05, 4.69) is 24.4 Å². The molecule has 0 spiro atoms. The summed E-state index contributed by atoms with van der Waals surface area (Å²) in [6.07, 6.45) is 4.71. The molecule has 0 aliphatic carbocycles. The first kappa shape index (κ1) is 18.4. The van der Waals surface area contributed by atoms with Crippen molar-refractivity contribution in [1.82, 2.24) is 15.1 Å². The summed E-state index contributed by atoms with van der Waals surface area (Å²) < 4.78 is 7.27. The van der Waals surface area contributed by atoms with Gasteiger partial charge < -0.3 is 10.1 Å². The molecule has 5 nitrogen and oxygen atoms in total. The first-order valence-corrected chi connectivity index (χ1v) is 9.87. The van der Waals surface area contributed by atoms with Crippen LogP contribution in [-0.2, 0) is 11.2 Å². The van der Waals surface area contributed by atoms with Crippen molar-refractivity contribution in [2.24, 2.45) is 0 Å². The Hall–Kier alpha value is -2.92. The van der Waals surface area contributed by atoms with E-state index in [1.165, 1.54) is 5.56 Å². The minimum Gasteiger partial charge on any atom is -0.379 e. The number of para-hydroxylation sites is 1. The normalized spacial score (nSPS) is 16.7. The second-order valence-electron chi connectivity index (χ2n) is 7.11. The highest BCUT2D eigenvalue weighted by Gasteiger charge is 2.22. The largest absolute Gasteiger partial charge is 0.379 e. The number of hydrogen-bond donors (Lipinski definition) is 1. The highest BCUT2D eigenvalue weighted by Crippen LogP contribution is 2.25. The lowest BCUT2D eigenvalue weighted by atomic mass is 10.0. The third kappa shape index (κ3) is 3.99. The van der Waals surface area contributed by atoms with E-state index in [9.17, 15) is 4.79 Å². The van der Waals surface area contributed by atoms with Crippen LogP contribution in [0.5, 0.6) is 0 Å². The molecule has 0 bridgehead atoms. The summed E-state index contributed by atoms with van der Waals surface area (Å²) in [6, 6.07) is 18.2.